The monoisotopic (exact) mass is 627 g/mol. The van der Waals surface area contributed by atoms with Gasteiger partial charge in [-0.1, -0.05) is 19.1 Å². The van der Waals surface area contributed by atoms with Crippen molar-refractivity contribution in [1.29, 1.82) is 0 Å². The van der Waals surface area contributed by atoms with Gasteiger partial charge >= 0.3 is 12.3 Å². The number of hydrogen-bond donors (Lipinski definition) is 2. The van der Waals surface area contributed by atoms with Gasteiger partial charge < -0.3 is 30.2 Å². The zero-order valence-corrected chi connectivity index (χ0v) is 25.6. The molecule has 1 aromatic carbocycles. The van der Waals surface area contributed by atoms with Gasteiger partial charge in [-0.3, -0.25) is 9.59 Å². The van der Waals surface area contributed by atoms with Crippen LogP contribution >= 0.6 is 0 Å². The maximum atomic E-state index is 14.0. The number of amides is 4. The highest BCUT2D eigenvalue weighted by Crippen LogP contribution is 2.37. The van der Waals surface area contributed by atoms with Crippen molar-refractivity contribution in [2.75, 3.05) is 64.1 Å². The van der Waals surface area contributed by atoms with E-state index in [1.807, 2.05) is 7.05 Å². The van der Waals surface area contributed by atoms with Gasteiger partial charge in [-0.25, -0.2) is 9.78 Å². The molecule has 2 aliphatic rings. The molecule has 1 fully saturated rings. The fraction of sp³-hybridized carbons (Fsp3) is 0.433. The van der Waals surface area contributed by atoms with Gasteiger partial charge in [0.15, 0.2) is 5.69 Å². The number of rotatable bonds is 6. The van der Waals surface area contributed by atoms with Crippen LogP contribution in [0.4, 0.5) is 29.5 Å². The van der Waals surface area contributed by atoms with Crippen molar-refractivity contribution in [2.24, 2.45) is 0 Å². The summed E-state index contributed by atoms with van der Waals surface area (Å²) in [4.78, 5) is 49.5. The molecule has 0 aliphatic carbocycles. The predicted octanol–water partition coefficient (Wildman–Crippen LogP) is 3.29. The van der Waals surface area contributed by atoms with Crippen molar-refractivity contribution in [2.45, 2.75) is 32.2 Å². The van der Waals surface area contributed by atoms with Crippen LogP contribution in [0.2, 0.25) is 0 Å². The molecule has 0 saturated carbocycles. The summed E-state index contributed by atoms with van der Waals surface area (Å²) in [5.74, 6) is -1.12. The first kappa shape index (κ1) is 31.8. The molecule has 2 aliphatic heterocycles. The third-order valence-electron chi connectivity index (χ3n) is 7.96. The fourth-order valence-corrected chi connectivity index (χ4v) is 5.49. The number of fused-ring (bicyclic) bond motifs is 1. The van der Waals surface area contributed by atoms with Gasteiger partial charge in [-0.05, 0) is 36.9 Å². The number of benzene rings is 1. The second kappa shape index (κ2) is 12.8. The molecule has 0 radical (unpaired) electrons. The van der Waals surface area contributed by atoms with Crippen molar-refractivity contribution in [3.05, 3.63) is 70.7 Å². The predicted molar refractivity (Wildman–Crippen MR) is 161 cm³/mol. The average Bonchev–Trinajstić information content (AvgIpc) is 3.42. The minimum absolute atomic E-state index is 0.0105. The summed E-state index contributed by atoms with van der Waals surface area (Å²) in [6.07, 6.45) is -3.39. The lowest BCUT2D eigenvalue weighted by atomic mass is 9.95. The van der Waals surface area contributed by atoms with Crippen LogP contribution in [0.25, 0.3) is 0 Å². The molecule has 0 spiro atoms. The van der Waals surface area contributed by atoms with Gasteiger partial charge in [-0.15, -0.1) is 13.2 Å². The second-order valence-corrected chi connectivity index (χ2v) is 11.6. The molecule has 4 heterocycles. The number of nitrogens with one attached hydrogen (secondary N) is 2. The Morgan fingerprint density at radius 2 is 1.71 bits per heavy atom. The Kier molecular flexibility index (Phi) is 9.00. The highest BCUT2D eigenvalue weighted by Gasteiger charge is 2.42. The molecule has 0 bridgehead atoms. The Balaban J connectivity index is 1.29. The van der Waals surface area contributed by atoms with E-state index in [2.05, 4.69) is 25.6 Å². The van der Waals surface area contributed by atoms with E-state index in [-0.39, 0.29) is 53.2 Å². The maximum absolute atomic E-state index is 14.0. The SMILES string of the molecule is C[C@H]1CN(c2ccc(C(=O)N(C)C)cn2)Cc2c(C(=O)NCc3ccc(NC(=O)N4CCN(C)CC4)cc3)nn(C(F)(F)F)c21. The Hall–Kier alpha value is -4.66. The number of carbonyl (C=O) groups excluding carboxylic acids is 3. The van der Waals surface area contributed by atoms with Crippen molar-refractivity contribution >= 4 is 29.4 Å². The zero-order chi connectivity index (χ0) is 32.5. The van der Waals surface area contributed by atoms with E-state index >= 15 is 0 Å². The van der Waals surface area contributed by atoms with Crippen LogP contribution in [-0.2, 0) is 19.4 Å². The van der Waals surface area contributed by atoms with Crippen molar-refractivity contribution in [3.63, 3.8) is 0 Å². The summed E-state index contributed by atoms with van der Waals surface area (Å²) >= 11 is 0. The number of likely N-dealkylation sites (N-methyl/N-ethyl adjacent to an activating group) is 1. The summed E-state index contributed by atoms with van der Waals surface area (Å²) in [5, 5.41) is 9.29. The van der Waals surface area contributed by atoms with E-state index in [4.69, 9.17) is 0 Å². The first-order chi connectivity index (χ1) is 21.3. The van der Waals surface area contributed by atoms with Gasteiger partial charge in [0.2, 0.25) is 0 Å². The van der Waals surface area contributed by atoms with Gasteiger partial charge in [0, 0.05) is 83.3 Å². The number of carbonyl (C=O) groups is 3. The van der Waals surface area contributed by atoms with E-state index in [0.29, 0.717) is 35.7 Å². The van der Waals surface area contributed by atoms with E-state index < -0.39 is 18.1 Å². The number of anilines is 2. The minimum atomic E-state index is -4.81. The highest BCUT2D eigenvalue weighted by molar-refractivity contribution is 5.95. The summed E-state index contributed by atoms with van der Waals surface area (Å²) in [5.41, 5.74) is 1.45. The third-order valence-corrected chi connectivity index (χ3v) is 7.96. The van der Waals surface area contributed by atoms with Crippen molar-refractivity contribution in [1.82, 2.24) is 34.8 Å². The first-order valence-corrected chi connectivity index (χ1v) is 14.5. The number of pyridine rings is 1. The Labute approximate surface area is 258 Å². The van der Waals surface area contributed by atoms with Crippen LogP contribution < -0.4 is 15.5 Å². The standard InChI is InChI=1S/C30H36F3N9O3/c1-19-17-41(24-10-7-21(16-34-24)28(44)38(2)3)18-23-25(37-42(26(19)23)30(31,32)33)27(43)35-15-20-5-8-22(9-6-20)36-29(45)40-13-11-39(4)12-14-40/h5-10,16,19H,11-15,17-18H2,1-4H3,(H,35,43)(H,36,45)/t19-/m0/s1. The molecule has 5 rings (SSSR count). The molecular weight excluding hydrogens is 591 g/mol. The fourth-order valence-electron chi connectivity index (χ4n) is 5.49. The molecule has 4 amide bonds. The summed E-state index contributed by atoms with van der Waals surface area (Å²) in [6.45, 7) is 4.75. The summed E-state index contributed by atoms with van der Waals surface area (Å²) in [6, 6.07) is 9.93. The molecule has 12 nitrogen and oxygen atoms in total. The molecule has 1 atom stereocenters. The average molecular weight is 628 g/mol. The normalized spacial score (nSPS) is 17.1. The zero-order valence-electron chi connectivity index (χ0n) is 25.6. The number of urea groups is 1. The molecule has 3 aromatic rings. The quantitative estimate of drug-likeness (QED) is 0.431. The van der Waals surface area contributed by atoms with Crippen LogP contribution in [0.1, 0.15) is 50.5 Å². The summed E-state index contributed by atoms with van der Waals surface area (Å²) in [7, 11) is 5.26. The lowest BCUT2D eigenvalue weighted by Gasteiger charge is -2.33. The second-order valence-electron chi connectivity index (χ2n) is 11.6. The van der Waals surface area contributed by atoms with Crippen LogP contribution in [0.3, 0.4) is 0 Å². The molecule has 15 heteroatoms. The molecule has 2 aromatic heterocycles. The smallest absolute Gasteiger partial charge is 0.351 e. The molecule has 1 saturated heterocycles. The number of hydrogen-bond acceptors (Lipinski definition) is 7. The van der Waals surface area contributed by atoms with Gasteiger partial charge in [-0.2, -0.15) is 9.78 Å². The van der Waals surface area contributed by atoms with Crippen LogP contribution in [0.15, 0.2) is 42.6 Å². The molecular formula is C30H36F3N9O3. The topological polar surface area (TPSA) is 119 Å². The van der Waals surface area contributed by atoms with Crippen LogP contribution in [-0.4, -0.2) is 101 Å². The van der Waals surface area contributed by atoms with E-state index in [1.165, 1.54) is 11.1 Å². The van der Waals surface area contributed by atoms with Crippen molar-refractivity contribution in [3.8, 4) is 0 Å². The number of piperazine rings is 1. The molecule has 0 unspecified atom stereocenters. The maximum Gasteiger partial charge on any atom is 0.504 e. The number of aromatic nitrogens is 3. The van der Waals surface area contributed by atoms with Crippen LogP contribution in [0, 0.1) is 0 Å². The Morgan fingerprint density at radius 3 is 2.31 bits per heavy atom. The van der Waals surface area contributed by atoms with E-state index in [0.717, 1.165) is 13.1 Å². The largest absolute Gasteiger partial charge is 0.504 e. The lowest BCUT2D eigenvalue weighted by Crippen LogP contribution is -2.48. The minimum Gasteiger partial charge on any atom is -0.351 e. The molecule has 240 valence electrons. The number of halogens is 3. The number of alkyl halides is 3. The van der Waals surface area contributed by atoms with Crippen LogP contribution in [0.5, 0.6) is 0 Å². The Bertz CT molecular complexity index is 1550. The van der Waals surface area contributed by atoms with E-state index in [9.17, 15) is 27.6 Å². The first-order valence-electron chi connectivity index (χ1n) is 14.5. The third kappa shape index (κ3) is 7.03. The highest BCUT2D eigenvalue weighted by atomic mass is 19.4. The molecule has 2 N–H and O–H groups in total. The summed E-state index contributed by atoms with van der Waals surface area (Å²) < 4.78 is 42.0. The van der Waals surface area contributed by atoms with E-state index in [1.54, 1.807) is 67.2 Å². The number of nitrogens with zero attached hydrogens (tertiary/aromatic N) is 7. The van der Waals surface area contributed by atoms with Gasteiger partial charge in [0.1, 0.15) is 5.82 Å². The van der Waals surface area contributed by atoms with Crippen molar-refractivity contribution < 1.29 is 27.6 Å². The van der Waals surface area contributed by atoms with Gasteiger partial charge in [0.25, 0.3) is 11.8 Å². The molecule has 45 heavy (non-hydrogen) atoms. The lowest BCUT2D eigenvalue weighted by molar-refractivity contribution is -0.214. The Morgan fingerprint density at radius 1 is 1.02 bits per heavy atom. The van der Waals surface area contributed by atoms with Gasteiger partial charge in [0.05, 0.1) is 11.3 Å².